The Morgan fingerprint density at radius 1 is 1.44 bits per heavy atom. The number of rotatable bonds is 3. The van der Waals surface area contributed by atoms with Crippen molar-refractivity contribution in [2.75, 3.05) is 11.4 Å². The second-order valence-electron chi connectivity index (χ2n) is 4.85. The number of halogens is 2. The predicted molar refractivity (Wildman–Crippen MR) is 73.6 cm³/mol. The van der Waals surface area contributed by atoms with E-state index in [1.54, 1.807) is 12.3 Å². The summed E-state index contributed by atoms with van der Waals surface area (Å²) in [7, 11) is 0. The molecule has 0 saturated carbocycles. The molecule has 0 aromatic carbocycles. The van der Waals surface area contributed by atoms with Crippen molar-refractivity contribution in [2.45, 2.75) is 50.9 Å². The summed E-state index contributed by atoms with van der Waals surface area (Å²) < 4.78 is 14.3. The van der Waals surface area contributed by atoms with Crippen molar-refractivity contribution in [3.63, 3.8) is 0 Å². The highest BCUT2D eigenvalue weighted by molar-refractivity contribution is 6.17. The molecule has 4 heteroatoms. The van der Waals surface area contributed by atoms with Crippen molar-refractivity contribution in [3.05, 3.63) is 23.6 Å². The molecule has 0 amide bonds. The minimum absolute atomic E-state index is 0.200. The number of alkyl halides is 1. The molecule has 0 spiro atoms. The molecule has 0 radical (unpaired) electrons. The molecule has 18 heavy (non-hydrogen) atoms. The molecular weight excluding hydrogens is 251 g/mol. The van der Waals surface area contributed by atoms with Gasteiger partial charge in [-0.25, -0.2) is 9.37 Å². The smallest absolute Gasteiger partial charge is 0.170 e. The number of hydrogen-bond donors (Lipinski definition) is 0. The van der Waals surface area contributed by atoms with Crippen molar-refractivity contribution in [2.24, 2.45) is 0 Å². The summed E-state index contributed by atoms with van der Waals surface area (Å²) in [6.07, 6.45) is 7.39. The molecule has 1 aliphatic rings. The highest BCUT2D eigenvalue weighted by Gasteiger charge is 2.24. The van der Waals surface area contributed by atoms with Gasteiger partial charge in [-0.1, -0.05) is 19.8 Å². The third kappa shape index (κ3) is 2.77. The van der Waals surface area contributed by atoms with Crippen LogP contribution in [0.2, 0.25) is 0 Å². The van der Waals surface area contributed by atoms with Gasteiger partial charge in [0, 0.05) is 24.3 Å². The van der Waals surface area contributed by atoms with Crippen LogP contribution in [0, 0.1) is 5.82 Å². The first-order valence-electron chi connectivity index (χ1n) is 6.74. The maximum atomic E-state index is 14.3. The van der Waals surface area contributed by atoms with E-state index in [0.717, 1.165) is 25.8 Å². The van der Waals surface area contributed by atoms with Gasteiger partial charge in [0.25, 0.3) is 0 Å². The van der Waals surface area contributed by atoms with Gasteiger partial charge in [0.15, 0.2) is 11.6 Å². The lowest BCUT2D eigenvalue weighted by Crippen LogP contribution is -2.35. The van der Waals surface area contributed by atoms with Crippen LogP contribution in [0.5, 0.6) is 0 Å². The zero-order valence-corrected chi connectivity index (χ0v) is 11.6. The SMILES string of the molecule is CCC1CCCCCN1c1nccc(CCl)c1F. The second-order valence-corrected chi connectivity index (χ2v) is 5.11. The first kappa shape index (κ1) is 13.6. The summed E-state index contributed by atoms with van der Waals surface area (Å²) >= 11 is 5.76. The molecule has 2 heterocycles. The fraction of sp³-hybridized carbons (Fsp3) is 0.643. The van der Waals surface area contributed by atoms with Gasteiger partial charge in [-0.3, -0.25) is 0 Å². The van der Waals surface area contributed by atoms with E-state index in [4.69, 9.17) is 11.6 Å². The molecule has 0 aliphatic carbocycles. The van der Waals surface area contributed by atoms with E-state index >= 15 is 0 Å². The number of anilines is 1. The monoisotopic (exact) mass is 270 g/mol. The van der Waals surface area contributed by atoms with Gasteiger partial charge in [-0.15, -0.1) is 11.6 Å². The van der Waals surface area contributed by atoms with Gasteiger partial charge >= 0.3 is 0 Å². The summed E-state index contributed by atoms with van der Waals surface area (Å²) in [4.78, 5) is 6.38. The molecule has 1 aliphatic heterocycles. The third-order valence-corrected chi connectivity index (χ3v) is 4.00. The van der Waals surface area contributed by atoms with Gasteiger partial charge in [-0.2, -0.15) is 0 Å². The number of aromatic nitrogens is 1. The maximum Gasteiger partial charge on any atom is 0.170 e. The van der Waals surface area contributed by atoms with E-state index in [1.807, 2.05) is 0 Å². The van der Waals surface area contributed by atoms with Crippen LogP contribution < -0.4 is 4.90 Å². The lowest BCUT2D eigenvalue weighted by atomic mass is 10.1. The van der Waals surface area contributed by atoms with Crippen LogP contribution in [0.15, 0.2) is 12.3 Å². The van der Waals surface area contributed by atoms with Crippen molar-refractivity contribution >= 4 is 17.4 Å². The van der Waals surface area contributed by atoms with Crippen LogP contribution in [0.3, 0.4) is 0 Å². The van der Waals surface area contributed by atoms with Crippen LogP contribution in [-0.2, 0) is 5.88 Å². The summed E-state index contributed by atoms with van der Waals surface area (Å²) in [6, 6.07) is 2.06. The Bertz CT molecular complexity index is 397. The van der Waals surface area contributed by atoms with Crippen LogP contribution in [-0.4, -0.2) is 17.6 Å². The van der Waals surface area contributed by atoms with Crippen molar-refractivity contribution in [1.29, 1.82) is 0 Å². The molecule has 1 aromatic heterocycles. The Morgan fingerprint density at radius 2 is 2.28 bits per heavy atom. The first-order valence-corrected chi connectivity index (χ1v) is 7.27. The molecule has 1 unspecified atom stereocenters. The zero-order valence-electron chi connectivity index (χ0n) is 10.8. The maximum absolute atomic E-state index is 14.3. The van der Waals surface area contributed by atoms with E-state index in [-0.39, 0.29) is 11.7 Å². The summed E-state index contributed by atoms with van der Waals surface area (Å²) in [5, 5.41) is 0. The normalized spacial score (nSPS) is 20.8. The Labute approximate surface area is 113 Å². The zero-order chi connectivity index (χ0) is 13.0. The van der Waals surface area contributed by atoms with Crippen LogP contribution in [0.4, 0.5) is 10.2 Å². The Kier molecular flexibility index (Phi) is 4.81. The fourth-order valence-corrected chi connectivity index (χ4v) is 2.86. The van der Waals surface area contributed by atoms with E-state index < -0.39 is 0 Å². The average Bonchev–Trinajstić information content (AvgIpc) is 2.64. The number of nitrogens with zero attached hydrogens (tertiary/aromatic N) is 2. The molecule has 1 saturated heterocycles. The lowest BCUT2D eigenvalue weighted by molar-refractivity contribution is 0.531. The standard InChI is InChI=1S/C14H20ClFN2/c1-2-12-6-4-3-5-9-18(12)14-13(16)11(10-15)7-8-17-14/h7-8,12H,2-6,9-10H2,1H3. The molecule has 1 aromatic rings. The van der Waals surface area contributed by atoms with Gasteiger partial charge in [-0.05, 0) is 25.3 Å². The molecule has 1 fully saturated rings. The topological polar surface area (TPSA) is 16.1 Å². The largest absolute Gasteiger partial charge is 0.351 e. The summed E-state index contributed by atoms with van der Waals surface area (Å²) in [6.45, 7) is 3.06. The molecule has 0 bridgehead atoms. The molecular formula is C14H20ClFN2. The number of pyridine rings is 1. The summed E-state index contributed by atoms with van der Waals surface area (Å²) in [5.74, 6) is 0.446. The van der Waals surface area contributed by atoms with Gasteiger partial charge < -0.3 is 4.90 Å². The Hall–Kier alpha value is -0.830. The summed E-state index contributed by atoms with van der Waals surface area (Å²) in [5.41, 5.74) is 0.542. The van der Waals surface area contributed by atoms with E-state index in [1.165, 1.54) is 12.8 Å². The Morgan fingerprint density at radius 3 is 3.00 bits per heavy atom. The molecule has 1 atom stereocenters. The van der Waals surface area contributed by atoms with Crippen LogP contribution in [0.25, 0.3) is 0 Å². The Balaban J connectivity index is 2.32. The lowest BCUT2D eigenvalue weighted by Gasteiger charge is -2.30. The van der Waals surface area contributed by atoms with E-state index in [9.17, 15) is 4.39 Å². The highest BCUT2D eigenvalue weighted by atomic mass is 35.5. The highest BCUT2D eigenvalue weighted by Crippen LogP contribution is 2.28. The minimum Gasteiger partial charge on any atom is -0.351 e. The van der Waals surface area contributed by atoms with E-state index in [0.29, 0.717) is 17.4 Å². The molecule has 100 valence electrons. The predicted octanol–water partition coefficient (Wildman–Crippen LogP) is 4.12. The minimum atomic E-state index is -0.243. The van der Waals surface area contributed by atoms with Crippen LogP contribution in [0.1, 0.15) is 44.6 Å². The third-order valence-electron chi connectivity index (χ3n) is 3.72. The van der Waals surface area contributed by atoms with Gasteiger partial charge in [0.05, 0.1) is 5.88 Å². The molecule has 0 N–H and O–H groups in total. The van der Waals surface area contributed by atoms with Gasteiger partial charge in [0.1, 0.15) is 0 Å². The average molecular weight is 271 g/mol. The van der Waals surface area contributed by atoms with Crippen LogP contribution >= 0.6 is 11.6 Å². The van der Waals surface area contributed by atoms with E-state index in [2.05, 4.69) is 16.8 Å². The second kappa shape index (κ2) is 6.37. The van der Waals surface area contributed by atoms with Crippen molar-refractivity contribution < 1.29 is 4.39 Å². The van der Waals surface area contributed by atoms with Crippen molar-refractivity contribution in [3.8, 4) is 0 Å². The fourth-order valence-electron chi connectivity index (χ4n) is 2.66. The molecule has 2 rings (SSSR count). The van der Waals surface area contributed by atoms with Crippen molar-refractivity contribution in [1.82, 2.24) is 4.98 Å². The molecule has 2 nitrogen and oxygen atoms in total. The first-order chi connectivity index (χ1) is 8.77. The van der Waals surface area contributed by atoms with Gasteiger partial charge in [0.2, 0.25) is 0 Å². The number of hydrogen-bond acceptors (Lipinski definition) is 2. The quantitative estimate of drug-likeness (QED) is 0.768.